The Morgan fingerprint density at radius 1 is 1.19 bits per heavy atom. The van der Waals surface area contributed by atoms with Gasteiger partial charge in [0.1, 0.15) is 0 Å². The minimum Gasteiger partial charge on any atom is -0.318 e. The number of nitrogens with zero attached hydrogens (tertiary/aromatic N) is 3. The lowest BCUT2D eigenvalue weighted by atomic mass is 9.87. The second kappa shape index (κ2) is 6.50. The molecule has 1 saturated carbocycles. The quantitative estimate of drug-likeness (QED) is 0.563. The van der Waals surface area contributed by atoms with Crippen LogP contribution in [0.25, 0.3) is 22.7 Å². The van der Waals surface area contributed by atoms with Gasteiger partial charge in [-0.3, -0.25) is 9.88 Å². The van der Waals surface area contributed by atoms with Crippen molar-refractivity contribution >= 4 is 34.3 Å². The third-order valence-corrected chi connectivity index (χ3v) is 6.62. The maximum Gasteiger partial charge on any atom is 0.0530 e. The van der Waals surface area contributed by atoms with E-state index in [9.17, 15) is 0 Å². The molecule has 0 spiro atoms. The highest BCUT2D eigenvalue weighted by Crippen LogP contribution is 2.47. The summed E-state index contributed by atoms with van der Waals surface area (Å²) >= 11 is 6.40. The number of allylic oxidation sites excluding steroid dienone is 1. The molecule has 3 nitrogen and oxygen atoms in total. The van der Waals surface area contributed by atoms with Gasteiger partial charge in [0.05, 0.1) is 5.52 Å². The van der Waals surface area contributed by atoms with E-state index in [-0.39, 0.29) is 0 Å². The summed E-state index contributed by atoms with van der Waals surface area (Å²) in [5, 5.41) is 2.16. The number of pyridine rings is 1. The van der Waals surface area contributed by atoms with E-state index in [4.69, 9.17) is 11.6 Å². The first-order valence-corrected chi connectivity index (χ1v) is 10.1. The van der Waals surface area contributed by atoms with Crippen LogP contribution in [0.15, 0.2) is 42.7 Å². The lowest BCUT2D eigenvalue weighted by Gasteiger charge is -2.35. The molecule has 1 fully saturated rings. The molecule has 3 aromatic rings. The molecular formula is C23H24ClN3. The zero-order chi connectivity index (χ0) is 18.5. The second-order valence-corrected chi connectivity index (χ2v) is 8.40. The Balaban J connectivity index is 1.75. The van der Waals surface area contributed by atoms with E-state index < -0.39 is 0 Å². The van der Waals surface area contributed by atoms with Gasteiger partial charge in [-0.2, -0.15) is 0 Å². The molecule has 4 heteroatoms. The van der Waals surface area contributed by atoms with E-state index in [1.165, 1.54) is 52.6 Å². The Kier molecular flexibility index (Phi) is 4.10. The van der Waals surface area contributed by atoms with Gasteiger partial charge in [-0.15, -0.1) is 0 Å². The Hall–Kier alpha value is -2.10. The number of hydrogen-bond acceptors (Lipinski definition) is 2. The van der Waals surface area contributed by atoms with Gasteiger partial charge in [0, 0.05) is 53.2 Å². The summed E-state index contributed by atoms with van der Waals surface area (Å²) in [6.45, 7) is 3.16. The zero-order valence-electron chi connectivity index (χ0n) is 15.8. The molecule has 2 aromatic heterocycles. The van der Waals surface area contributed by atoms with Crippen LogP contribution in [0.2, 0.25) is 5.02 Å². The van der Waals surface area contributed by atoms with Crippen LogP contribution >= 0.6 is 11.6 Å². The minimum absolute atomic E-state index is 0.621. The normalized spacial score (nSPS) is 22.9. The number of likely N-dealkylation sites (N-methyl/N-ethyl adjacent to an activating group) is 1. The molecule has 0 radical (unpaired) electrons. The standard InChI is InChI=1S/C23H24ClN3/c1-15(16-8-10-25-11-9-16)13-27-21-7-6-17(24)12-19(21)23-18-4-3-5-20(18)26(2)14-22(23)27/h6-13,18,20H,3-5,14H2,1-2H3. The summed E-state index contributed by atoms with van der Waals surface area (Å²) in [4.78, 5) is 6.69. The van der Waals surface area contributed by atoms with Crippen molar-refractivity contribution in [3.05, 3.63) is 64.6 Å². The highest BCUT2D eigenvalue weighted by atomic mass is 35.5. The first-order chi connectivity index (χ1) is 13.1. The van der Waals surface area contributed by atoms with Crippen molar-refractivity contribution in [3.8, 4) is 0 Å². The van der Waals surface area contributed by atoms with Crippen molar-refractivity contribution in [1.82, 2.24) is 14.5 Å². The summed E-state index contributed by atoms with van der Waals surface area (Å²) in [5.74, 6) is 0.621. The van der Waals surface area contributed by atoms with Crippen molar-refractivity contribution in [1.29, 1.82) is 0 Å². The number of aromatic nitrogens is 2. The Labute approximate surface area is 165 Å². The Morgan fingerprint density at radius 3 is 2.81 bits per heavy atom. The second-order valence-electron chi connectivity index (χ2n) is 7.96. The number of benzene rings is 1. The molecule has 2 unspecified atom stereocenters. The molecule has 0 bridgehead atoms. The van der Waals surface area contributed by atoms with E-state index in [0.717, 1.165) is 11.6 Å². The lowest BCUT2D eigenvalue weighted by Crippen LogP contribution is -2.38. The highest BCUT2D eigenvalue weighted by molar-refractivity contribution is 6.31. The van der Waals surface area contributed by atoms with Crippen LogP contribution < -0.4 is 0 Å². The van der Waals surface area contributed by atoms with Crippen LogP contribution in [0.3, 0.4) is 0 Å². The van der Waals surface area contributed by atoms with Crippen LogP contribution in [-0.4, -0.2) is 27.5 Å². The molecular weight excluding hydrogens is 354 g/mol. The monoisotopic (exact) mass is 377 g/mol. The number of rotatable bonds is 2. The van der Waals surface area contributed by atoms with Crippen molar-refractivity contribution in [2.75, 3.05) is 7.05 Å². The van der Waals surface area contributed by atoms with E-state index in [1.807, 2.05) is 18.5 Å². The molecule has 0 N–H and O–H groups in total. The predicted octanol–water partition coefficient (Wildman–Crippen LogP) is 5.79. The molecule has 2 atom stereocenters. The highest BCUT2D eigenvalue weighted by Gasteiger charge is 2.39. The fourth-order valence-corrected chi connectivity index (χ4v) is 5.30. The summed E-state index contributed by atoms with van der Waals surface area (Å²) in [5.41, 5.74) is 6.66. The van der Waals surface area contributed by atoms with Gasteiger partial charge in [0.15, 0.2) is 0 Å². The molecule has 138 valence electrons. The zero-order valence-corrected chi connectivity index (χ0v) is 16.6. The van der Waals surface area contributed by atoms with Crippen molar-refractivity contribution in [2.24, 2.45) is 0 Å². The van der Waals surface area contributed by atoms with Crippen molar-refractivity contribution < 1.29 is 0 Å². The van der Waals surface area contributed by atoms with Gasteiger partial charge in [-0.25, -0.2) is 0 Å². The summed E-state index contributed by atoms with van der Waals surface area (Å²) in [6.07, 6.45) is 9.89. The molecule has 0 saturated heterocycles. The predicted molar refractivity (Wildman–Crippen MR) is 113 cm³/mol. The van der Waals surface area contributed by atoms with E-state index in [1.54, 1.807) is 0 Å². The maximum atomic E-state index is 6.40. The third kappa shape index (κ3) is 2.72. The fraction of sp³-hybridized carbons (Fsp3) is 0.348. The largest absolute Gasteiger partial charge is 0.318 e. The first-order valence-electron chi connectivity index (χ1n) is 9.75. The Morgan fingerprint density at radius 2 is 2.00 bits per heavy atom. The first kappa shape index (κ1) is 17.0. The topological polar surface area (TPSA) is 21.1 Å². The third-order valence-electron chi connectivity index (χ3n) is 6.38. The minimum atomic E-state index is 0.621. The number of hydrogen-bond donors (Lipinski definition) is 0. The Bertz CT molecular complexity index is 1030. The van der Waals surface area contributed by atoms with Crippen LogP contribution in [-0.2, 0) is 6.54 Å². The molecule has 2 aliphatic rings. The summed E-state index contributed by atoms with van der Waals surface area (Å²) < 4.78 is 2.40. The lowest BCUT2D eigenvalue weighted by molar-refractivity contribution is 0.198. The van der Waals surface area contributed by atoms with E-state index in [0.29, 0.717) is 12.0 Å². The molecule has 5 rings (SSSR count). The van der Waals surface area contributed by atoms with E-state index >= 15 is 0 Å². The SMILES string of the molecule is CC(=Cn1c2c(c3cc(Cl)ccc31)C1CCCC1N(C)C2)c1ccncc1. The van der Waals surface area contributed by atoms with E-state index in [2.05, 4.69) is 58.9 Å². The maximum absolute atomic E-state index is 6.40. The molecule has 3 heterocycles. The average molecular weight is 378 g/mol. The fourth-order valence-electron chi connectivity index (χ4n) is 5.13. The van der Waals surface area contributed by atoms with Crippen molar-refractivity contribution in [3.63, 3.8) is 0 Å². The smallest absolute Gasteiger partial charge is 0.0530 e. The van der Waals surface area contributed by atoms with Crippen LogP contribution in [0.4, 0.5) is 0 Å². The average Bonchev–Trinajstić information content (AvgIpc) is 3.26. The number of halogens is 1. The van der Waals surface area contributed by atoms with Gasteiger partial charge >= 0.3 is 0 Å². The van der Waals surface area contributed by atoms with Crippen LogP contribution in [0.5, 0.6) is 0 Å². The van der Waals surface area contributed by atoms with Gasteiger partial charge in [0.25, 0.3) is 0 Å². The molecule has 1 aliphatic heterocycles. The summed E-state index contributed by atoms with van der Waals surface area (Å²) in [6, 6.07) is 11.2. The van der Waals surface area contributed by atoms with Gasteiger partial charge < -0.3 is 4.57 Å². The van der Waals surface area contributed by atoms with Gasteiger partial charge in [-0.1, -0.05) is 18.0 Å². The summed E-state index contributed by atoms with van der Waals surface area (Å²) in [7, 11) is 2.28. The molecule has 0 amide bonds. The van der Waals surface area contributed by atoms with Crippen molar-refractivity contribution in [2.45, 2.75) is 44.7 Å². The number of fused-ring (bicyclic) bond motifs is 5. The molecule has 1 aliphatic carbocycles. The van der Waals surface area contributed by atoms with Crippen LogP contribution in [0, 0.1) is 0 Å². The molecule has 1 aromatic carbocycles. The molecule has 27 heavy (non-hydrogen) atoms. The van der Waals surface area contributed by atoms with Gasteiger partial charge in [-0.05, 0) is 73.8 Å². The van der Waals surface area contributed by atoms with Gasteiger partial charge in [0.2, 0.25) is 0 Å². The van der Waals surface area contributed by atoms with Crippen LogP contribution in [0.1, 0.15) is 48.9 Å².